The van der Waals surface area contributed by atoms with Crippen LogP contribution in [-0.2, 0) is 22.6 Å². The lowest BCUT2D eigenvalue weighted by Gasteiger charge is -2.28. The van der Waals surface area contributed by atoms with E-state index in [1.54, 1.807) is 6.07 Å². The van der Waals surface area contributed by atoms with Crippen molar-refractivity contribution in [2.24, 2.45) is 0 Å². The molecule has 4 aromatic rings. The van der Waals surface area contributed by atoms with Crippen molar-refractivity contribution in [2.75, 3.05) is 7.11 Å². The van der Waals surface area contributed by atoms with Crippen molar-refractivity contribution in [3.63, 3.8) is 0 Å². The lowest BCUT2D eigenvalue weighted by atomic mass is 9.77. The first kappa shape index (κ1) is 25.9. The highest BCUT2D eigenvalue weighted by Crippen LogP contribution is 2.37. The third kappa shape index (κ3) is 5.96. The second-order valence-electron chi connectivity index (χ2n) is 8.96. The van der Waals surface area contributed by atoms with Crippen LogP contribution in [0.1, 0.15) is 29.2 Å². The van der Waals surface area contributed by atoms with Crippen molar-refractivity contribution >= 4 is 16.5 Å². The van der Waals surface area contributed by atoms with E-state index < -0.39 is 21.1 Å². The van der Waals surface area contributed by atoms with Crippen LogP contribution in [0.15, 0.2) is 107 Å². The van der Waals surface area contributed by atoms with Gasteiger partial charge in [-0.25, -0.2) is 4.21 Å². The topological polar surface area (TPSA) is 69.4 Å². The summed E-state index contributed by atoms with van der Waals surface area (Å²) >= 11 is 0. The number of non-ortho nitro benzene ring substituents is 1. The predicted octanol–water partition coefficient (Wildman–Crippen LogP) is 6.63. The Bertz CT molecular complexity index is 1500. The minimum atomic E-state index is -1.42. The summed E-state index contributed by atoms with van der Waals surface area (Å²) in [5, 5.41) is 11.3. The van der Waals surface area contributed by atoms with Crippen molar-refractivity contribution in [3.05, 3.63) is 129 Å². The Hall–Kier alpha value is -4.21. The lowest BCUT2D eigenvalue weighted by molar-refractivity contribution is -0.384. The Morgan fingerprint density at radius 3 is 2.30 bits per heavy atom. The van der Waals surface area contributed by atoms with E-state index in [9.17, 15) is 14.3 Å². The van der Waals surface area contributed by atoms with Crippen molar-refractivity contribution in [2.45, 2.75) is 35.5 Å². The summed E-state index contributed by atoms with van der Waals surface area (Å²) in [6, 6.07) is 29.6. The smallest absolute Gasteiger partial charge is 0.273 e. The lowest BCUT2D eigenvalue weighted by Crippen LogP contribution is -2.25. The number of hydrogen-bond donors (Lipinski definition) is 0. The highest BCUT2D eigenvalue weighted by Gasteiger charge is 2.31. The summed E-state index contributed by atoms with van der Waals surface area (Å²) < 4.78 is 19.3. The maximum Gasteiger partial charge on any atom is 0.273 e. The van der Waals surface area contributed by atoms with Crippen molar-refractivity contribution in [1.29, 1.82) is 0 Å². The molecule has 6 heteroatoms. The van der Waals surface area contributed by atoms with Gasteiger partial charge in [0, 0.05) is 21.4 Å². The summed E-state index contributed by atoms with van der Waals surface area (Å²) in [5.41, 5.74) is 2.74. The molecule has 0 saturated heterocycles. The summed E-state index contributed by atoms with van der Waals surface area (Å²) in [6.45, 7) is 4.00. The molecule has 0 aliphatic rings. The molecule has 0 spiro atoms. The number of methoxy groups -OCH3 is 1. The van der Waals surface area contributed by atoms with Gasteiger partial charge in [-0.05, 0) is 67.8 Å². The monoisotopic (exact) mass is 509 g/mol. The van der Waals surface area contributed by atoms with E-state index in [1.165, 1.54) is 19.2 Å². The molecule has 2 atom stereocenters. The number of nitro benzene ring substituents is 1. The summed E-state index contributed by atoms with van der Waals surface area (Å²) in [6.07, 6.45) is 0.399. The molecule has 0 radical (unpaired) electrons. The minimum absolute atomic E-state index is 0.0430. The molecule has 0 N–H and O–H groups in total. The van der Waals surface area contributed by atoms with E-state index in [0.29, 0.717) is 22.0 Å². The Balaban J connectivity index is 1.86. The van der Waals surface area contributed by atoms with E-state index in [1.807, 2.05) is 92.7 Å². The van der Waals surface area contributed by atoms with Crippen LogP contribution < -0.4 is 4.74 Å². The second kappa shape index (κ2) is 11.2. The predicted molar refractivity (Wildman–Crippen MR) is 146 cm³/mol. The molecule has 0 heterocycles. The van der Waals surface area contributed by atoms with Gasteiger partial charge in [0.25, 0.3) is 5.69 Å². The largest absolute Gasteiger partial charge is 0.496 e. The van der Waals surface area contributed by atoms with E-state index in [-0.39, 0.29) is 5.69 Å². The molecule has 4 aromatic carbocycles. The summed E-state index contributed by atoms with van der Waals surface area (Å²) in [7, 11) is 0.0715. The fourth-order valence-electron chi connectivity index (χ4n) is 4.19. The van der Waals surface area contributed by atoms with E-state index in [4.69, 9.17) is 4.74 Å². The highest BCUT2D eigenvalue weighted by molar-refractivity contribution is 7.85. The van der Waals surface area contributed by atoms with Crippen LogP contribution in [0.3, 0.4) is 0 Å². The number of benzene rings is 4. The number of nitro groups is 1. The standard InChI is InChI=1S/C31H27NO4S/c1-23-13-17-27(18-14-23)37(35)30-12-8-7-11-28(30)31(2,20-19-24-9-5-4-6-10-24)22-25-15-16-26(32(33)34)21-29(25)36-3/h4-18,21H,22H2,1-3H3/t31-,37?/m1/s1. The zero-order valence-corrected chi connectivity index (χ0v) is 21.7. The minimum Gasteiger partial charge on any atom is -0.496 e. The van der Waals surface area contributed by atoms with E-state index in [0.717, 1.165) is 22.3 Å². The number of hydrogen-bond acceptors (Lipinski definition) is 4. The van der Waals surface area contributed by atoms with Crippen molar-refractivity contribution in [3.8, 4) is 17.6 Å². The molecule has 0 bridgehead atoms. The summed E-state index contributed by atoms with van der Waals surface area (Å²) in [4.78, 5) is 12.3. The molecule has 5 nitrogen and oxygen atoms in total. The van der Waals surface area contributed by atoms with Gasteiger partial charge in [-0.1, -0.05) is 65.9 Å². The molecular formula is C31H27NO4S. The van der Waals surface area contributed by atoms with Crippen LogP contribution in [0.25, 0.3) is 0 Å². The van der Waals surface area contributed by atoms with Gasteiger partial charge in [0.1, 0.15) is 5.75 Å². The van der Waals surface area contributed by atoms with Gasteiger partial charge in [-0.3, -0.25) is 10.1 Å². The number of rotatable bonds is 7. The zero-order chi connectivity index (χ0) is 26.4. The highest BCUT2D eigenvalue weighted by atomic mass is 32.2. The van der Waals surface area contributed by atoms with E-state index in [2.05, 4.69) is 11.8 Å². The maximum atomic E-state index is 13.8. The third-order valence-corrected chi connectivity index (χ3v) is 7.65. The Labute approximate surface area is 219 Å². The van der Waals surface area contributed by atoms with Gasteiger partial charge in [-0.2, -0.15) is 0 Å². The van der Waals surface area contributed by atoms with Crippen LogP contribution >= 0.6 is 0 Å². The number of ether oxygens (including phenoxy) is 1. The quantitative estimate of drug-likeness (QED) is 0.159. The van der Waals surface area contributed by atoms with Crippen molar-refractivity contribution in [1.82, 2.24) is 0 Å². The van der Waals surface area contributed by atoms with Crippen LogP contribution in [0.2, 0.25) is 0 Å². The van der Waals surface area contributed by atoms with Gasteiger partial charge in [0.15, 0.2) is 0 Å². The molecule has 4 rings (SSSR count). The van der Waals surface area contributed by atoms with Gasteiger partial charge < -0.3 is 4.74 Å². The SMILES string of the molecule is COc1cc([N+](=O)[O-])ccc1C[C@@](C)(C#Cc1ccccc1)c1ccccc1S(=O)c1ccc(C)cc1. The number of nitrogens with zero attached hydrogens (tertiary/aromatic N) is 1. The molecule has 0 amide bonds. The molecule has 186 valence electrons. The normalized spacial score (nSPS) is 13.1. The average Bonchev–Trinajstić information content (AvgIpc) is 2.92. The third-order valence-electron chi connectivity index (χ3n) is 6.20. The molecule has 37 heavy (non-hydrogen) atoms. The fraction of sp³-hybridized carbons (Fsp3) is 0.161. The first-order valence-electron chi connectivity index (χ1n) is 11.8. The molecule has 0 fully saturated rings. The van der Waals surface area contributed by atoms with Crippen LogP contribution in [0.4, 0.5) is 5.69 Å². The van der Waals surface area contributed by atoms with Gasteiger partial charge in [0.2, 0.25) is 0 Å². The van der Waals surface area contributed by atoms with Crippen LogP contribution in [0.5, 0.6) is 5.75 Å². The van der Waals surface area contributed by atoms with Crippen LogP contribution in [0, 0.1) is 28.9 Å². The van der Waals surface area contributed by atoms with Gasteiger partial charge in [-0.15, -0.1) is 0 Å². The average molecular weight is 510 g/mol. The molecular weight excluding hydrogens is 482 g/mol. The van der Waals surface area contributed by atoms with E-state index >= 15 is 0 Å². The van der Waals surface area contributed by atoms with Gasteiger partial charge in [0.05, 0.1) is 34.3 Å². The summed E-state index contributed by atoms with van der Waals surface area (Å²) in [5.74, 6) is 7.15. The molecule has 0 aliphatic carbocycles. The Kier molecular flexibility index (Phi) is 7.86. The van der Waals surface area contributed by atoms with Crippen LogP contribution in [-0.4, -0.2) is 16.2 Å². The Morgan fingerprint density at radius 1 is 0.946 bits per heavy atom. The fourth-order valence-corrected chi connectivity index (χ4v) is 5.52. The maximum absolute atomic E-state index is 13.8. The van der Waals surface area contributed by atoms with Crippen molar-refractivity contribution < 1.29 is 13.9 Å². The van der Waals surface area contributed by atoms with Gasteiger partial charge >= 0.3 is 0 Å². The molecule has 0 aromatic heterocycles. The second-order valence-corrected chi connectivity index (χ2v) is 10.4. The first-order chi connectivity index (χ1) is 17.8. The molecule has 1 unspecified atom stereocenters. The molecule has 0 saturated carbocycles. The number of aryl methyl sites for hydroxylation is 1. The first-order valence-corrected chi connectivity index (χ1v) is 12.9. The Morgan fingerprint density at radius 2 is 1.62 bits per heavy atom. The molecule has 0 aliphatic heterocycles. The zero-order valence-electron chi connectivity index (χ0n) is 20.9.